The number of aliphatic hydroxyl groups is 1. The van der Waals surface area contributed by atoms with E-state index in [2.05, 4.69) is 5.32 Å². The van der Waals surface area contributed by atoms with Gasteiger partial charge >= 0.3 is 0 Å². The first-order valence-corrected chi connectivity index (χ1v) is 8.48. The second-order valence-electron chi connectivity index (χ2n) is 5.15. The molecule has 2 N–H and O–H groups in total. The van der Waals surface area contributed by atoms with Crippen molar-refractivity contribution in [3.8, 4) is 0 Å². The highest BCUT2D eigenvalue weighted by molar-refractivity contribution is 7.99. The van der Waals surface area contributed by atoms with Crippen LogP contribution >= 0.6 is 23.4 Å². The van der Waals surface area contributed by atoms with E-state index in [0.29, 0.717) is 5.75 Å². The van der Waals surface area contributed by atoms with E-state index in [1.807, 2.05) is 24.3 Å². The van der Waals surface area contributed by atoms with Crippen LogP contribution in [0, 0.1) is 0 Å². The van der Waals surface area contributed by atoms with Crippen molar-refractivity contribution in [3.05, 3.63) is 34.9 Å². The Hall–Kier alpha value is -0.710. The summed E-state index contributed by atoms with van der Waals surface area (Å²) in [6.07, 6.45) is 3.42. The summed E-state index contributed by atoms with van der Waals surface area (Å²) >= 11 is 7.48. The molecule has 5 heteroatoms. The summed E-state index contributed by atoms with van der Waals surface area (Å²) in [5.74, 6) is 1.18. The topological polar surface area (TPSA) is 49.3 Å². The van der Waals surface area contributed by atoms with Crippen LogP contribution in [-0.4, -0.2) is 28.9 Å². The summed E-state index contributed by atoms with van der Waals surface area (Å²) in [5.41, 5.74) is 1.12. The largest absolute Gasteiger partial charge is 0.391 e. The Labute approximate surface area is 129 Å². The first-order chi connectivity index (χ1) is 9.65. The Morgan fingerprint density at radius 3 is 2.95 bits per heavy atom. The first kappa shape index (κ1) is 15.7. The molecule has 2 unspecified atom stereocenters. The van der Waals surface area contributed by atoms with Crippen molar-refractivity contribution in [2.24, 2.45) is 0 Å². The van der Waals surface area contributed by atoms with Crippen LogP contribution in [0.25, 0.3) is 0 Å². The van der Waals surface area contributed by atoms with Crippen LogP contribution in [0.2, 0.25) is 5.02 Å². The molecule has 1 aromatic carbocycles. The summed E-state index contributed by atoms with van der Waals surface area (Å²) < 4.78 is 0. The van der Waals surface area contributed by atoms with Crippen molar-refractivity contribution in [1.82, 2.24) is 5.32 Å². The molecular weight excluding hydrogens is 294 g/mol. The van der Waals surface area contributed by atoms with Gasteiger partial charge in [-0.2, -0.15) is 0 Å². The standard InChI is InChI=1S/C15H20ClNO2S/c16-12-5-3-4-11(8-12)9-20-10-15(19)17-13-6-1-2-7-14(13)18/h3-5,8,13-14,18H,1-2,6-7,9-10H2,(H,17,19). The normalized spacial score (nSPS) is 22.5. The lowest BCUT2D eigenvalue weighted by Crippen LogP contribution is -2.45. The maximum absolute atomic E-state index is 11.8. The van der Waals surface area contributed by atoms with Crippen molar-refractivity contribution >= 4 is 29.3 Å². The van der Waals surface area contributed by atoms with Gasteiger partial charge in [0.2, 0.25) is 5.91 Å². The summed E-state index contributed by atoms with van der Waals surface area (Å²) in [6, 6.07) is 7.60. The van der Waals surface area contributed by atoms with Crippen LogP contribution < -0.4 is 5.32 Å². The molecule has 2 atom stereocenters. The molecule has 1 aromatic rings. The second kappa shape index (κ2) is 7.91. The van der Waals surface area contributed by atoms with E-state index in [1.54, 1.807) is 11.8 Å². The quantitative estimate of drug-likeness (QED) is 0.878. The zero-order valence-corrected chi connectivity index (χ0v) is 12.9. The smallest absolute Gasteiger partial charge is 0.230 e. The van der Waals surface area contributed by atoms with Gasteiger partial charge in [-0.25, -0.2) is 0 Å². The number of aliphatic hydroxyl groups excluding tert-OH is 1. The number of carbonyl (C=O) groups is 1. The van der Waals surface area contributed by atoms with E-state index in [1.165, 1.54) is 0 Å². The number of halogens is 1. The summed E-state index contributed by atoms with van der Waals surface area (Å²) in [4.78, 5) is 11.8. The van der Waals surface area contributed by atoms with Crippen molar-refractivity contribution < 1.29 is 9.90 Å². The third-order valence-electron chi connectivity index (χ3n) is 3.47. The average Bonchev–Trinajstić information content (AvgIpc) is 2.41. The number of carbonyl (C=O) groups excluding carboxylic acids is 1. The van der Waals surface area contributed by atoms with Gasteiger partial charge in [-0.15, -0.1) is 11.8 Å². The van der Waals surface area contributed by atoms with E-state index in [9.17, 15) is 9.90 Å². The number of amides is 1. The minimum Gasteiger partial charge on any atom is -0.391 e. The third-order valence-corrected chi connectivity index (χ3v) is 4.71. The third kappa shape index (κ3) is 5.00. The fraction of sp³-hybridized carbons (Fsp3) is 0.533. The Bertz CT molecular complexity index is 455. The molecule has 1 aliphatic carbocycles. The Morgan fingerprint density at radius 1 is 1.40 bits per heavy atom. The number of hydrogen-bond donors (Lipinski definition) is 2. The zero-order chi connectivity index (χ0) is 14.4. The maximum atomic E-state index is 11.8. The SMILES string of the molecule is O=C(CSCc1cccc(Cl)c1)NC1CCCCC1O. The summed E-state index contributed by atoms with van der Waals surface area (Å²) in [5, 5.41) is 13.5. The molecule has 0 heterocycles. The maximum Gasteiger partial charge on any atom is 0.230 e. The van der Waals surface area contributed by atoms with Crippen LogP contribution in [0.15, 0.2) is 24.3 Å². The average molecular weight is 314 g/mol. The van der Waals surface area contributed by atoms with E-state index >= 15 is 0 Å². The van der Waals surface area contributed by atoms with Crippen molar-refractivity contribution in [2.75, 3.05) is 5.75 Å². The highest BCUT2D eigenvalue weighted by atomic mass is 35.5. The van der Waals surface area contributed by atoms with Gasteiger partial charge in [0.15, 0.2) is 0 Å². The molecule has 0 spiro atoms. The van der Waals surface area contributed by atoms with Crippen LogP contribution in [0.3, 0.4) is 0 Å². The highest BCUT2D eigenvalue weighted by Gasteiger charge is 2.24. The highest BCUT2D eigenvalue weighted by Crippen LogP contribution is 2.19. The van der Waals surface area contributed by atoms with Gasteiger partial charge in [-0.05, 0) is 30.5 Å². The van der Waals surface area contributed by atoms with Crippen LogP contribution in [0.4, 0.5) is 0 Å². The minimum atomic E-state index is -0.384. The monoisotopic (exact) mass is 313 g/mol. The fourth-order valence-corrected chi connectivity index (χ4v) is 3.42. The number of benzene rings is 1. The number of nitrogens with one attached hydrogen (secondary N) is 1. The Balaban J connectivity index is 1.70. The Morgan fingerprint density at radius 2 is 2.20 bits per heavy atom. The number of hydrogen-bond acceptors (Lipinski definition) is 3. The van der Waals surface area contributed by atoms with Crippen LogP contribution in [0.1, 0.15) is 31.2 Å². The second-order valence-corrected chi connectivity index (χ2v) is 6.57. The molecule has 2 rings (SSSR count). The molecule has 20 heavy (non-hydrogen) atoms. The zero-order valence-electron chi connectivity index (χ0n) is 11.3. The molecule has 110 valence electrons. The van der Waals surface area contributed by atoms with E-state index < -0.39 is 0 Å². The molecule has 3 nitrogen and oxygen atoms in total. The van der Waals surface area contributed by atoms with Gasteiger partial charge in [0.05, 0.1) is 17.9 Å². The van der Waals surface area contributed by atoms with Crippen molar-refractivity contribution in [3.63, 3.8) is 0 Å². The number of thioether (sulfide) groups is 1. The van der Waals surface area contributed by atoms with E-state index in [0.717, 1.165) is 42.0 Å². The van der Waals surface area contributed by atoms with Gasteiger partial charge in [0.1, 0.15) is 0 Å². The van der Waals surface area contributed by atoms with E-state index in [-0.39, 0.29) is 18.1 Å². The lowest BCUT2D eigenvalue weighted by molar-refractivity contribution is -0.120. The van der Waals surface area contributed by atoms with Crippen molar-refractivity contribution in [2.45, 2.75) is 43.6 Å². The Kier molecular flexibility index (Phi) is 6.20. The molecule has 0 bridgehead atoms. The molecule has 0 radical (unpaired) electrons. The number of rotatable bonds is 5. The molecule has 1 fully saturated rings. The molecule has 1 aliphatic rings. The predicted octanol–water partition coefficient (Wildman–Crippen LogP) is 2.99. The minimum absolute atomic E-state index is 0.00276. The lowest BCUT2D eigenvalue weighted by Gasteiger charge is -2.28. The van der Waals surface area contributed by atoms with Gasteiger partial charge in [-0.3, -0.25) is 4.79 Å². The van der Waals surface area contributed by atoms with Gasteiger partial charge in [0, 0.05) is 10.8 Å². The van der Waals surface area contributed by atoms with E-state index in [4.69, 9.17) is 11.6 Å². The van der Waals surface area contributed by atoms with Crippen LogP contribution in [-0.2, 0) is 10.5 Å². The summed E-state index contributed by atoms with van der Waals surface area (Å²) in [6.45, 7) is 0. The van der Waals surface area contributed by atoms with Gasteiger partial charge in [0.25, 0.3) is 0 Å². The van der Waals surface area contributed by atoms with Crippen LogP contribution in [0.5, 0.6) is 0 Å². The molecule has 0 aliphatic heterocycles. The molecule has 1 saturated carbocycles. The molecule has 0 aromatic heterocycles. The fourth-order valence-electron chi connectivity index (χ4n) is 2.42. The van der Waals surface area contributed by atoms with Gasteiger partial charge in [-0.1, -0.05) is 36.6 Å². The molecular formula is C15H20ClNO2S. The summed E-state index contributed by atoms with van der Waals surface area (Å²) in [7, 11) is 0. The molecule has 0 saturated heterocycles. The lowest BCUT2D eigenvalue weighted by atomic mass is 9.93. The predicted molar refractivity (Wildman–Crippen MR) is 84.0 cm³/mol. The first-order valence-electron chi connectivity index (χ1n) is 6.95. The van der Waals surface area contributed by atoms with Crippen molar-refractivity contribution in [1.29, 1.82) is 0 Å². The molecule has 1 amide bonds. The van der Waals surface area contributed by atoms with Gasteiger partial charge < -0.3 is 10.4 Å².